The zero-order chi connectivity index (χ0) is 26.7. The summed E-state index contributed by atoms with van der Waals surface area (Å²) < 4.78 is 0. The van der Waals surface area contributed by atoms with Crippen molar-refractivity contribution >= 4 is 30.4 Å². The number of halogens is 2. The third kappa shape index (κ3) is 63.6. The summed E-state index contributed by atoms with van der Waals surface area (Å²) in [5.41, 5.74) is 13.4. The van der Waals surface area contributed by atoms with Gasteiger partial charge < -0.3 is 26.2 Å². The van der Waals surface area contributed by atoms with E-state index >= 15 is 0 Å². The van der Waals surface area contributed by atoms with Crippen molar-refractivity contribution in [2.75, 3.05) is 6.61 Å². The molecule has 0 aliphatic carbocycles. The Morgan fingerprint density at radius 1 is 0.559 bits per heavy atom. The molecule has 0 aliphatic heterocycles. The SMILES string of the molecule is CCCCCCCCCC([NH-])=O.CCCCCCCCCC([NH-])=O.CCCCCCO.[Cl][Ti][Cl]. The molecule has 0 spiro atoms. The van der Waals surface area contributed by atoms with Crippen LogP contribution in [0.3, 0.4) is 0 Å². The molecule has 0 fully saturated rings. The van der Waals surface area contributed by atoms with Gasteiger partial charge in [-0.25, -0.2) is 0 Å². The number of nitrogens with one attached hydrogen (secondary N) is 2. The molecule has 0 saturated carbocycles. The van der Waals surface area contributed by atoms with Crippen molar-refractivity contribution < 1.29 is 31.7 Å². The molecule has 34 heavy (non-hydrogen) atoms. The summed E-state index contributed by atoms with van der Waals surface area (Å²) in [5.74, 6) is -0.827. The topological polar surface area (TPSA) is 102 Å². The van der Waals surface area contributed by atoms with Gasteiger partial charge in [0.2, 0.25) is 0 Å². The summed E-state index contributed by atoms with van der Waals surface area (Å²) in [4.78, 5) is 20.5. The molecule has 0 atom stereocenters. The Balaban J connectivity index is -0.000000193. The molecule has 0 aromatic heterocycles. The van der Waals surface area contributed by atoms with Crippen molar-refractivity contribution in [3.8, 4) is 0 Å². The van der Waals surface area contributed by atoms with Gasteiger partial charge in [-0.1, -0.05) is 117 Å². The van der Waals surface area contributed by atoms with E-state index in [-0.39, 0.29) is 0 Å². The van der Waals surface area contributed by atoms with Crippen molar-refractivity contribution in [1.82, 2.24) is 0 Å². The van der Waals surface area contributed by atoms with E-state index in [2.05, 4.69) is 20.8 Å². The van der Waals surface area contributed by atoms with Crippen LogP contribution in [0.25, 0.3) is 11.5 Å². The van der Waals surface area contributed by atoms with Crippen LogP contribution in [0.1, 0.15) is 149 Å². The minimum atomic E-state index is -0.556. The summed E-state index contributed by atoms with van der Waals surface area (Å²) in [6.45, 7) is 6.94. The molecule has 3 N–H and O–H groups in total. The van der Waals surface area contributed by atoms with Crippen LogP contribution >= 0.6 is 18.6 Å². The molecule has 0 rings (SSSR count). The van der Waals surface area contributed by atoms with E-state index in [0.29, 0.717) is 19.4 Å². The van der Waals surface area contributed by atoms with Gasteiger partial charge in [-0.3, -0.25) is 0 Å². The van der Waals surface area contributed by atoms with Crippen LogP contribution < -0.4 is 0 Å². The average Bonchev–Trinajstić information content (AvgIpc) is 2.79. The van der Waals surface area contributed by atoms with E-state index in [0.717, 1.165) is 32.1 Å². The summed E-state index contributed by atoms with van der Waals surface area (Å²) in [5, 5.41) is 8.29. The van der Waals surface area contributed by atoms with Crippen LogP contribution in [0.15, 0.2) is 0 Å². The summed E-state index contributed by atoms with van der Waals surface area (Å²) in [7, 11) is 9.78. The Morgan fingerprint density at radius 3 is 1.03 bits per heavy atom. The monoisotopic (exact) mass is 560 g/mol. The van der Waals surface area contributed by atoms with E-state index in [4.69, 9.17) is 35.2 Å². The molecule has 0 unspecified atom stereocenters. The third-order valence-electron chi connectivity index (χ3n) is 5.03. The van der Waals surface area contributed by atoms with Crippen LogP contribution in [0.4, 0.5) is 0 Å². The molecule has 0 bridgehead atoms. The maximum absolute atomic E-state index is 10.2. The second kappa shape index (κ2) is 43.3. The van der Waals surface area contributed by atoms with Crippen molar-refractivity contribution in [1.29, 1.82) is 0 Å². The Morgan fingerprint density at radius 2 is 0.794 bits per heavy atom. The molecular weight excluding hydrogens is 507 g/mol. The first kappa shape index (κ1) is 41.3. The number of unbranched alkanes of at least 4 members (excludes halogenated alkanes) is 15. The molecule has 0 aromatic carbocycles. The molecule has 206 valence electrons. The fourth-order valence-corrected chi connectivity index (χ4v) is 3.02. The molecule has 2 amide bonds. The second-order valence-electron chi connectivity index (χ2n) is 8.44. The Bertz CT molecular complexity index is 348. The van der Waals surface area contributed by atoms with Gasteiger partial charge in [-0.15, -0.1) is 0 Å². The minimum absolute atomic E-state index is 0.361. The van der Waals surface area contributed by atoms with Crippen LogP contribution in [0, 0.1) is 0 Å². The summed E-state index contributed by atoms with van der Waals surface area (Å²) in [6.07, 6.45) is 22.6. The van der Waals surface area contributed by atoms with Crippen molar-refractivity contribution in [3.05, 3.63) is 11.5 Å². The fraction of sp³-hybridized carbons (Fsp3) is 0.923. The van der Waals surface area contributed by atoms with Gasteiger partial charge in [0.05, 0.1) is 0 Å². The molecule has 8 heteroatoms. The van der Waals surface area contributed by atoms with Gasteiger partial charge in [0.1, 0.15) is 0 Å². The van der Waals surface area contributed by atoms with E-state index in [1.807, 2.05) is 0 Å². The first-order valence-electron chi connectivity index (χ1n) is 13.4. The average molecular weight is 562 g/mol. The third-order valence-corrected chi connectivity index (χ3v) is 5.03. The number of aliphatic hydroxyl groups excluding tert-OH is 1. The number of hydrogen-bond donors (Lipinski definition) is 1. The van der Waals surface area contributed by atoms with Crippen molar-refractivity contribution in [2.24, 2.45) is 0 Å². The van der Waals surface area contributed by atoms with E-state index in [9.17, 15) is 9.59 Å². The number of rotatable bonds is 20. The molecular formula is C26H54Cl2N2O3Ti-2. The predicted octanol–water partition coefficient (Wildman–Crippen LogP) is 10.3. The van der Waals surface area contributed by atoms with Gasteiger partial charge in [-0.2, -0.15) is 0 Å². The van der Waals surface area contributed by atoms with Crippen molar-refractivity contribution in [3.63, 3.8) is 0 Å². The zero-order valence-corrected chi connectivity index (χ0v) is 25.4. The standard InChI is InChI=1S/2C10H21NO.C6H14O.2ClH.Ti/c2*1-2-3-4-5-6-7-8-9-10(11)12;1-2-3-4-5-6-7;;;/h2*2-9H2,1H3,(H2,11,12);7H,2-6H2,1H3;2*1H;/q;;;;;+2/p-4. The number of carbonyl (C=O) groups excluding carboxylic acids is 2. The van der Waals surface area contributed by atoms with Gasteiger partial charge in [0, 0.05) is 18.4 Å². The predicted molar refractivity (Wildman–Crippen MR) is 147 cm³/mol. The summed E-state index contributed by atoms with van der Waals surface area (Å²) in [6, 6.07) is 0. The number of aliphatic hydroxyl groups is 1. The van der Waals surface area contributed by atoms with Crippen LogP contribution in [-0.2, 0) is 26.6 Å². The van der Waals surface area contributed by atoms with E-state index < -0.39 is 28.8 Å². The van der Waals surface area contributed by atoms with E-state index in [1.54, 1.807) is 0 Å². The normalized spacial score (nSPS) is 9.47. The zero-order valence-electron chi connectivity index (χ0n) is 22.4. The van der Waals surface area contributed by atoms with E-state index in [1.165, 1.54) is 83.5 Å². The molecule has 0 radical (unpaired) electrons. The van der Waals surface area contributed by atoms with Gasteiger partial charge in [0.15, 0.2) is 0 Å². The maximum atomic E-state index is 10.2. The Hall–Kier alpha value is 0.194. The molecule has 5 nitrogen and oxygen atoms in total. The molecule has 0 aliphatic rings. The van der Waals surface area contributed by atoms with Gasteiger partial charge in [-0.05, 0) is 32.1 Å². The molecule has 0 saturated heterocycles. The van der Waals surface area contributed by atoms with Crippen LogP contribution in [-0.4, -0.2) is 23.5 Å². The van der Waals surface area contributed by atoms with Crippen LogP contribution in [0.2, 0.25) is 0 Å². The quantitative estimate of drug-likeness (QED) is 0.118. The number of amides is 2. The van der Waals surface area contributed by atoms with Gasteiger partial charge >= 0.3 is 35.6 Å². The molecule has 0 aromatic rings. The number of hydrogen-bond acceptors (Lipinski definition) is 3. The second-order valence-corrected chi connectivity index (χ2v) is 11.0. The van der Waals surface area contributed by atoms with Gasteiger partial charge in [0.25, 0.3) is 0 Å². The first-order chi connectivity index (χ1) is 16.4. The Labute approximate surface area is 228 Å². The number of carbonyl (C=O) groups is 2. The first-order valence-corrected chi connectivity index (χ1v) is 17.7. The molecule has 0 heterocycles. The van der Waals surface area contributed by atoms with Crippen LogP contribution in [0.5, 0.6) is 0 Å². The summed E-state index contributed by atoms with van der Waals surface area (Å²) >= 11 is -0.556. The van der Waals surface area contributed by atoms with Crippen molar-refractivity contribution in [2.45, 2.75) is 149 Å². The fourth-order valence-electron chi connectivity index (χ4n) is 3.02. The Kier molecular flexibility index (Phi) is 52.6.